The lowest BCUT2D eigenvalue weighted by Crippen LogP contribution is -2.51. The number of fused-ring (bicyclic) bond motifs is 3. The van der Waals surface area contributed by atoms with E-state index in [2.05, 4.69) is 59.4 Å². The van der Waals surface area contributed by atoms with E-state index in [1.807, 2.05) is 0 Å². The molecule has 1 aromatic carbocycles. The van der Waals surface area contributed by atoms with E-state index in [0.717, 1.165) is 63.2 Å². The largest absolute Gasteiger partial charge is 0.466 e. The molecule has 0 radical (unpaired) electrons. The maximum atomic E-state index is 9.25. The first-order chi connectivity index (χ1) is 17.6. The van der Waals surface area contributed by atoms with E-state index in [-0.39, 0.29) is 11.6 Å². The number of likely N-dealkylation sites (tertiary alicyclic amines) is 1. The van der Waals surface area contributed by atoms with Crippen LogP contribution in [-0.4, -0.2) is 66.8 Å². The van der Waals surface area contributed by atoms with Crippen molar-refractivity contribution >= 4 is 5.82 Å². The van der Waals surface area contributed by atoms with E-state index >= 15 is 0 Å². The minimum Gasteiger partial charge on any atom is -0.466 e. The van der Waals surface area contributed by atoms with Gasteiger partial charge in [-0.3, -0.25) is 0 Å². The van der Waals surface area contributed by atoms with Crippen LogP contribution in [0.3, 0.4) is 0 Å². The van der Waals surface area contributed by atoms with E-state index in [9.17, 15) is 5.26 Å². The summed E-state index contributed by atoms with van der Waals surface area (Å²) in [5.41, 5.74) is 3.41. The third kappa shape index (κ3) is 4.18. The molecule has 2 aromatic rings. The van der Waals surface area contributed by atoms with Crippen LogP contribution in [0.25, 0.3) is 0 Å². The summed E-state index contributed by atoms with van der Waals surface area (Å²) in [6.07, 6.45) is 5.56. The Labute approximate surface area is 213 Å². The Morgan fingerprint density at radius 3 is 3.00 bits per heavy atom. The van der Waals surface area contributed by atoms with Crippen molar-refractivity contribution in [3.63, 3.8) is 0 Å². The van der Waals surface area contributed by atoms with Gasteiger partial charge < -0.3 is 24.6 Å². The molecule has 2 unspecified atom stereocenters. The van der Waals surface area contributed by atoms with E-state index in [1.54, 1.807) is 0 Å². The van der Waals surface area contributed by atoms with Gasteiger partial charge in [0, 0.05) is 31.7 Å². The van der Waals surface area contributed by atoms with E-state index in [0.29, 0.717) is 36.9 Å². The second-order valence-electron chi connectivity index (χ2n) is 10.9. The number of hydrogen-bond acceptors (Lipinski definition) is 8. The lowest BCUT2D eigenvalue weighted by molar-refractivity contribution is 0.0338. The standard InChI is InChI=1S/C28H36N6O2/c1-19-16-28(24-8-4-3-7-22(19)24)11-9-23-25(34-15-13-30-20(17-34)10-12-29)31-27(32-26(23)36-28)35-18-21-6-5-14-33(21)2/h3-4,7-8,19-21,30H,5-6,9-11,13-18H2,1-2H3/t19?,20-,21-,28?/m0/s1. The first-order valence-corrected chi connectivity index (χ1v) is 13.4. The first kappa shape index (κ1) is 23.5. The first-order valence-electron chi connectivity index (χ1n) is 13.4. The van der Waals surface area contributed by atoms with Gasteiger partial charge in [0.25, 0.3) is 0 Å². The fraction of sp³-hybridized carbons (Fsp3) is 0.607. The van der Waals surface area contributed by atoms with Gasteiger partial charge in [0.05, 0.1) is 18.1 Å². The molecule has 0 amide bonds. The molecule has 190 valence electrons. The highest BCUT2D eigenvalue weighted by atomic mass is 16.5. The Kier molecular flexibility index (Phi) is 6.22. The van der Waals surface area contributed by atoms with Crippen molar-refractivity contribution in [2.24, 2.45) is 0 Å². The SMILES string of the molecule is CC1CC2(CCc3c(nc(OC[C@@H]4CCCN4C)nc3N3CCN[C@@H](CC#N)C3)O2)c2ccccc21. The molecule has 6 rings (SSSR count). The lowest BCUT2D eigenvalue weighted by Gasteiger charge is -2.39. The number of nitrogens with one attached hydrogen (secondary N) is 1. The van der Waals surface area contributed by atoms with Gasteiger partial charge in [0.15, 0.2) is 0 Å². The molecule has 1 N–H and O–H groups in total. The number of piperazine rings is 1. The minimum atomic E-state index is -0.343. The third-order valence-electron chi connectivity index (χ3n) is 8.59. The molecule has 2 fully saturated rings. The van der Waals surface area contributed by atoms with Crippen molar-refractivity contribution in [1.82, 2.24) is 20.2 Å². The maximum absolute atomic E-state index is 9.25. The average molecular weight is 489 g/mol. The van der Waals surface area contributed by atoms with Crippen molar-refractivity contribution < 1.29 is 9.47 Å². The Morgan fingerprint density at radius 1 is 1.28 bits per heavy atom. The lowest BCUT2D eigenvalue weighted by atomic mass is 9.86. The number of nitrogens with zero attached hydrogens (tertiary/aromatic N) is 5. The molecular weight excluding hydrogens is 452 g/mol. The number of benzene rings is 1. The van der Waals surface area contributed by atoms with Crippen LogP contribution in [0.4, 0.5) is 5.82 Å². The molecule has 1 spiro atoms. The predicted molar refractivity (Wildman–Crippen MR) is 138 cm³/mol. The maximum Gasteiger partial charge on any atom is 0.321 e. The monoisotopic (exact) mass is 488 g/mol. The summed E-state index contributed by atoms with van der Waals surface area (Å²) in [7, 11) is 2.15. The highest BCUT2D eigenvalue weighted by Gasteiger charge is 2.47. The van der Waals surface area contributed by atoms with Gasteiger partial charge in [0.2, 0.25) is 5.88 Å². The highest BCUT2D eigenvalue weighted by Crippen LogP contribution is 2.52. The van der Waals surface area contributed by atoms with Crippen molar-refractivity contribution in [1.29, 1.82) is 5.26 Å². The molecule has 3 aliphatic heterocycles. The van der Waals surface area contributed by atoms with Gasteiger partial charge in [0.1, 0.15) is 18.0 Å². The molecule has 36 heavy (non-hydrogen) atoms. The Balaban J connectivity index is 1.34. The van der Waals surface area contributed by atoms with E-state index < -0.39 is 0 Å². The Bertz CT molecular complexity index is 1170. The highest BCUT2D eigenvalue weighted by molar-refractivity contribution is 5.55. The zero-order valence-corrected chi connectivity index (χ0v) is 21.4. The average Bonchev–Trinajstić information content (AvgIpc) is 3.42. The van der Waals surface area contributed by atoms with Crippen LogP contribution in [0, 0.1) is 11.3 Å². The zero-order chi connectivity index (χ0) is 24.7. The summed E-state index contributed by atoms with van der Waals surface area (Å²) in [5.74, 6) is 2.03. The fourth-order valence-corrected chi connectivity index (χ4v) is 6.64. The summed E-state index contributed by atoms with van der Waals surface area (Å²) < 4.78 is 13.1. The quantitative estimate of drug-likeness (QED) is 0.686. The van der Waals surface area contributed by atoms with Crippen LogP contribution >= 0.6 is 0 Å². The van der Waals surface area contributed by atoms with Crippen LogP contribution in [0.1, 0.15) is 61.6 Å². The number of hydrogen-bond donors (Lipinski definition) is 1. The second kappa shape index (κ2) is 9.53. The van der Waals surface area contributed by atoms with Crippen LogP contribution < -0.4 is 19.7 Å². The number of rotatable bonds is 5. The van der Waals surface area contributed by atoms with Gasteiger partial charge in [-0.1, -0.05) is 31.2 Å². The Hall–Kier alpha value is -2.89. The molecule has 0 bridgehead atoms. The van der Waals surface area contributed by atoms with Gasteiger partial charge in [-0.15, -0.1) is 0 Å². The van der Waals surface area contributed by atoms with Crippen LogP contribution in [0.2, 0.25) is 0 Å². The van der Waals surface area contributed by atoms with E-state index in [4.69, 9.17) is 19.4 Å². The smallest absolute Gasteiger partial charge is 0.321 e. The molecule has 8 nitrogen and oxygen atoms in total. The van der Waals surface area contributed by atoms with Crippen LogP contribution in [0.15, 0.2) is 24.3 Å². The van der Waals surface area contributed by atoms with Gasteiger partial charge in [-0.05, 0) is 62.7 Å². The van der Waals surface area contributed by atoms with Crippen molar-refractivity contribution in [2.75, 3.05) is 44.7 Å². The third-order valence-corrected chi connectivity index (χ3v) is 8.59. The van der Waals surface area contributed by atoms with Crippen molar-refractivity contribution in [3.05, 3.63) is 41.0 Å². The van der Waals surface area contributed by atoms with E-state index in [1.165, 1.54) is 17.5 Å². The summed E-state index contributed by atoms with van der Waals surface area (Å²) >= 11 is 0. The zero-order valence-electron chi connectivity index (χ0n) is 21.4. The summed E-state index contributed by atoms with van der Waals surface area (Å²) in [5, 5.41) is 12.7. The molecule has 2 saturated heterocycles. The minimum absolute atomic E-state index is 0.129. The number of anilines is 1. The van der Waals surface area contributed by atoms with Gasteiger partial charge >= 0.3 is 6.01 Å². The number of likely N-dealkylation sites (N-methyl/N-ethyl adjacent to an activating group) is 1. The molecule has 1 aromatic heterocycles. The normalized spacial score (nSPS) is 29.5. The summed E-state index contributed by atoms with van der Waals surface area (Å²) in [4.78, 5) is 14.4. The molecule has 4 heterocycles. The molecule has 4 atom stereocenters. The Morgan fingerprint density at radius 2 is 2.17 bits per heavy atom. The number of nitriles is 1. The van der Waals surface area contributed by atoms with Crippen molar-refractivity contribution in [2.45, 2.75) is 69.1 Å². The number of aromatic nitrogens is 2. The van der Waals surface area contributed by atoms with Gasteiger partial charge in [-0.25, -0.2) is 0 Å². The molecule has 1 aliphatic carbocycles. The van der Waals surface area contributed by atoms with Crippen LogP contribution in [0.5, 0.6) is 11.9 Å². The second-order valence-corrected chi connectivity index (χ2v) is 10.9. The molecular formula is C28H36N6O2. The van der Waals surface area contributed by atoms with Gasteiger partial charge in [-0.2, -0.15) is 15.2 Å². The topological polar surface area (TPSA) is 86.5 Å². The van der Waals surface area contributed by atoms with Crippen LogP contribution in [-0.2, 0) is 12.0 Å². The molecule has 0 saturated carbocycles. The van der Waals surface area contributed by atoms with Crippen molar-refractivity contribution in [3.8, 4) is 18.0 Å². The number of ether oxygens (including phenoxy) is 2. The summed E-state index contributed by atoms with van der Waals surface area (Å²) in [6, 6.07) is 11.9. The molecule has 4 aliphatic rings. The molecule has 8 heteroatoms. The fourth-order valence-electron chi connectivity index (χ4n) is 6.64. The summed E-state index contributed by atoms with van der Waals surface area (Å²) in [6.45, 7) is 6.38. The predicted octanol–water partition coefficient (Wildman–Crippen LogP) is 3.37.